The normalized spacial score (nSPS) is 16.2. The Hall–Kier alpha value is -0.820. The third-order valence-electron chi connectivity index (χ3n) is 3.55. The summed E-state index contributed by atoms with van der Waals surface area (Å²) in [6, 6.07) is 2.46. The van der Waals surface area contributed by atoms with Crippen LogP contribution in [-0.4, -0.2) is 26.4 Å². The predicted molar refractivity (Wildman–Crippen MR) is 91.6 cm³/mol. The van der Waals surface area contributed by atoms with E-state index in [4.69, 9.17) is 23.2 Å². The average molecular weight is 379 g/mol. The van der Waals surface area contributed by atoms with Crippen molar-refractivity contribution >= 4 is 39.1 Å². The molecule has 0 spiro atoms. The van der Waals surface area contributed by atoms with Crippen molar-refractivity contribution in [3.05, 3.63) is 27.7 Å². The Kier molecular flexibility index (Phi) is 5.94. The Morgan fingerprint density at radius 3 is 2.52 bits per heavy atom. The maximum Gasteiger partial charge on any atom is 0.253 e. The summed E-state index contributed by atoms with van der Waals surface area (Å²) >= 11 is 12.1. The number of amides is 1. The standard InChI is InChI=1S/C15H20Cl2N2O3S/c1-3-4-9(2)19-23(21,22)14-7-11(12(16)8-13(14)17)15(20)18-10-5-6-10/h7-10,19H,3-6H2,1-2H3,(H,18,20)/t9-/m1/s1. The molecule has 1 aromatic rings. The molecular weight excluding hydrogens is 359 g/mol. The van der Waals surface area contributed by atoms with Crippen molar-refractivity contribution in [1.82, 2.24) is 10.0 Å². The van der Waals surface area contributed by atoms with Gasteiger partial charge >= 0.3 is 0 Å². The lowest BCUT2D eigenvalue weighted by Gasteiger charge is -2.15. The fraction of sp³-hybridized carbons (Fsp3) is 0.533. The highest BCUT2D eigenvalue weighted by Crippen LogP contribution is 2.30. The number of hydrogen-bond donors (Lipinski definition) is 2. The number of carbonyl (C=O) groups excluding carboxylic acids is 1. The van der Waals surface area contributed by atoms with Gasteiger partial charge in [-0.2, -0.15) is 0 Å². The molecule has 0 heterocycles. The number of benzene rings is 1. The Bertz CT molecular complexity index is 703. The van der Waals surface area contributed by atoms with Gasteiger partial charge in [0.25, 0.3) is 5.91 Å². The van der Waals surface area contributed by atoms with Gasteiger partial charge in [0.2, 0.25) is 10.0 Å². The first-order chi connectivity index (χ1) is 10.7. The molecule has 2 rings (SSSR count). The third-order valence-corrected chi connectivity index (χ3v) is 5.91. The van der Waals surface area contributed by atoms with Gasteiger partial charge < -0.3 is 5.32 Å². The first kappa shape index (κ1) is 18.5. The van der Waals surface area contributed by atoms with Crippen molar-refractivity contribution in [2.24, 2.45) is 0 Å². The molecular formula is C15H20Cl2N2O3S. The Morgan fingerprint density at radius 2 is 1.96 bits per heavy atom. The molecule has 0 aliphatic heterocycles. The zero-order chi connectivity index (χ0) is 17.2. The fourth-order valence-electron chi connectivity index (χ4n) is 2.22. The number of sulfonamides is 1. The van der Waals surface area contributed by atoms with Gasteiger partial charge in [0.15, 0.2) is 0 Å². The quantitative estimate of drug-likeness (QED) is 0.763. The van der Waals surface area contributed by atoms with E-state index < -0.39 is 10.0 Å². The molecule has 0 bridgehead atoms. The molecule has 1 atom stereocenters. The van der Waals surface area contributed by atoms with Gasteiger partial charge in [-0.15, -0.1) is 0 Å². The number of rotatable bonds is 7. The van der Waals surface area contributed by atoms with Crippen molar-refractivity contribution < 1.29 is 13.2 Å². The lowest BCUT2D eigenvalue weighted by Crippen LogP contribution is -2.33. The van der Waals surface area contributed by atoms with Crippen molar-refractivity contribution in [2.75, 3.05) is 0 Å². The van der Waals surface area contributed by atoms with E-state index in [0.29, 0.717) is 6.42 Å². The third kappa shape index (κ3) is 4.83. The second-order valence-electron chi connectivity index (χ2n) is 5.82. The Balaban J connectivity index is 2.31. The summed E-state index contributed by atoms with van der Waals surface area (Å²) < 4.78 is 27.5. The number of hydrogen-bond acceptors (Lipinski definition) is 3. The number of halogens is 2. The molecule has 1 aliphatic rings. The zero-order valence-electron chi connectivity index (χ0n) is 13.0. The lowest BCUT2D eigenvalue weighted by molar-refractivity contribution is 0.0951. The summed E-state index contributed by atoms with van der Waals surface area (Å²) in [5.74, 6) is -0.382. The summed E-state index contributed by atoms with van der Waals surface area (Å²) in [6.07, 6.45) is 3.42. The van der Waals surface area contributed by atoms with Gasteiger partial charge in [-0.25, -0.2) is 13.1 Å². The van der Waals surface area contributed by atoms with Crippen LogP contribution in [0.4, 0.5) is 0 Å². The molecule has 0 aromatic heterocycles. The minimum Gasteiger partial charge on any atom is -0.349 e. The van der Waals surface area contributed by atoms with Crippen LogP contribution in [0.1, 0.15) is 49.9 Å². The topological polar surface area (TPSA) is 75.3 Å². The van der Waals surface area contributed by atoms with Crippen LogP contribution in [-0.2, 0) is 10.0 Å². The molecule has 1 saturated carbocycles. The highest BCUT2D eigenvalue weighted by Gasteiger charge is 2.27. The van der Waals surface area contributed by atoms with Crippen LogP contribution in [0.3, 0.4) is 0 Å². The molecule has 2 N–H and O–H groups in total. The lowest BCUT2D eigenvalue weighted by atomic mass is 10.2. The minimum atomic E-state index is -3.82. The minimum absolute atomic E-state index is 0.00540. The number of nitrogens with one attached hydrogen (secondary N) is 2. The van der Waals surface area contributed by atoms with E-state index in [1.54, 1.807) is 6.92 Å². The largest absolute Gasteiger partial charge is 0.349 e. The van der Waals surface area contributed by atoms with Crippen molar-refractivity contribution in [3.63, 3.8) is 0 Å². The molecule has 1 fully saturated rings. The van der Waals surface area contributed by atoms with Gasteiger partial charge in [-0.1, -0.05) is 36.5 Å². The molecule has 5 nitrogen and oxygen atoms in total. The second-order valence-corrected chi connectivity index (χ2v) is 8.32. The molecule has 0 radical (unpaired) electrons. The molecule has 1 aromatic carbocycles. The summed E-state index contributed by atoms with van der Waals surface area (Å²) in [4.78, 5) is 12.0. The molecule has 1 amide bonds. The summed E-state index contributed by atoms with van der Waals surface area (Å²) in [5.41, 5.74) is 0.117. The van der Waals surface area contributed by atoms with E-state index in [2.05, 4.69) is 10.0 Å². The SMILES string of the molecule is CCC[C@@H](C)NS(=O)(=O)c1cc(C(=O)NC2CC2)c(Cl)cc1Cl. The smallest absolute Gasteiger partial charge is 0.253 e. The highest BCUT2D eigenvalue weighted by atomic mass is 35.5. The van der Waals surface area contributed by atoms with Crippen molar-refractivity contribution in [1.29, 1.82) is 0 Å². The van der Waals surface area contributed by atoms with Crippen LogP contribution >= 0.6 is 23.2 Å². The second kappa shape index (κ2) is 7.38. The van der Waals surface area contributed by atoms with Crippen molar-refractivity contribution in [3.8, 4) is 0 Å². The maximum atomic E-state index is 12.5. The highest BCUT2D eigenvalue weighted by molar-refractivity contribution is 7.89. The van der Waals surface area contributed by atoms with Crippen LogP contribution in [0.25, 0.3) is 0 Å². The Morgan fingerprint density at radius 1 is 1.30 bits per heavy atom. The van der Waals surface area contributed by atoms with Crippen LogP contribution in [0.2, 0.25) is 10.0 Å². The van der Waals surface area contributed by atoms with Gasteiger partial charge in [0.1, 0.15) is 4.90 Å². The summed E-state index contributed by atoms with van der Waals surface area (Å²) in [7, 11) is -3.82. The van der Waals surface area contributed by atoms with Crippen LogP contribution in [0, 0.1) is 0 Å². The molecule has 0 saturated heterocycles. The molecule has 23 heavy (non-hydrogen) atoms. The first-order valence-corrected chi connectivity index (χ1v) is 9.80. The van der Waals surface area contributed by atoms with Gasteiger partial charge in [0.05, 0.1) is 15.6 Å². The molecule has 8 heteroatoms. The molecule has 0 unspecified atom stereocenters. The zero-order valence-corrected chi connectivity index (χ0v) is 15.4. The molecule has 128 valence electrons. The summed E-state index contributed by atoms with van der Waals surface area (Å²) in [5, 5.41) is 2.92. The van der Waals surface area contributed by atoms with E-state index in [1.165, 1.54) is 12.1 Å². The van der Waals surface area contributed by atoms with Crippen molar-refractivity contribution in [2.45, 2.75) is 56.5 Å². The van der Waals surface area contributed by atoms with Crippen LogP contribution < -0.4 is 10.0 Å². The predicted octanol–water partition coefficient (Wildman–Crippen LogP) is 3.35. The number of carbonyl (C=O) groups is 1. The Labute approximate surface area is 146 Å². The van der Waals surface area contributed by atoms with Gasteiger partial charge in [-0.3, -0.25) is 4.79 Å². The fourth-order valence-corrected chi connectivity index (χ4v) is 4.36. The summed E-state index contributed by atoms with van der Waals surface area (Å²) in [6.45, 7) is 3.76. The van der Waals surface area contributed by atoms with Crippen LogP contribution in [0.5, 0.6) is 0 Å². The molecule has 1 aliphatic carbocycles. The van der Waals surface area contributed by atoms with Crippen LogP contribution in [0.15, 0.2) is 17.0 Å². The maximum absolute atomic E-state index is 12.5. The van der Waals surface area contributed by atoms with E-state index >= 15 is 0 Å². The van der Waals surface area contributed by atoms with E-state index in [-0.39, 0.29) is 38.5 Å². The van der Waals surface area contributed by atoms with E-state index in [0.717, 1.165) is 19.3 Å². The first-order valence-electron chi connectivity index (χ1n) is 7.56. The van der Waals surface area contributed by atoms with E-state index in [9.17, 15) is 13.2 Å². The average Bonchev–Trinajstić information content (AvgIpc) is 3.21. The monoisotopic (exact) mass is 378 g/mol. The van der Waals surface area contributed by atoms with E-state index in [1.807, 2.05) is 6.92 Å². The van der Waals surface area contributed by atoms with Gasteiger partial charge in [-0.05, 0) is 38.3 Å². The van der Waals surface area contributed by atoms with Gasteiger partial charge in [0, 0.05) is 12.1 Å².